The predicted octanol–water partition coefficient (Wildman–Crippen LogP) is 0.361. The molecule has 0 aliphatic carbocycles. The van der Waals surface area contributed by atoms with E-state index >= 15 is 0 Å². The summed E-state index contributed by atoms with van der Waals surface area (Å²) in [4.78, 5) is 8.77. The Kier molecular flexibility index (Phi) is 1.57. The van der Waals surface area contributed by atoms with Gasteiger partial charge in [-0.1, -0.05) is 11.3 Å². The fourth-order valence-corrected chi connectivity index (χ4v) is 3.02. The molecule has 0 fully saturated rings. The zero-order valence-electron chi connectivity index (χ0n) is 7.90. The highest BCUT2D eigenvalue weighted by Crippen LogP contribution is 2.27. The van der Waals surface area contributed by atoms with E-state index in [0.717, 1.165) is 24.5 Å². The van der Waals surface area contributed by atoms with Crippen molar-refractivity contribution < 1.29 is 0 Å². The van der Waals surface area contributed by atoms with Gasteiger partial charge >= 0.3 is 0 Å². The van der Waals surface area contributed by atoms with Crippen molar-refractivity contribution in [2.45, 2.75) is 13.0 Å². The van der Waals surface area contributed by atoms with Gasteiger partial charge in [0.25, 0.3) is 0 Å². The summed E-state index contributed by atoms with van der Waals surface area (Å²) >= 11 is 1.69. The third kappa shape index (κ3) is 1.04. The minimum absolute atomic E-state index is 0.373. The van der Waals surface area contributed by atoms with E-state index in [0.29, 0.717) is 5.95 Å². The monoisotopic (exact) mass is 209 g/mol. The first-order valence-corrected chi connectivity index (χ1v) is 5.37. The van der Waals surface area contributed by atoms with Crippen LogP contribution in [0.15, 0.2) is 0 Å². The Balaban J connectivity index is 2.21. The number of nitrogens with two attached hydrogens (primary N) is 1. The molecule has 0 unspecified atom stereocenters. The average molecular weight is 209 g/mol. The molecule has 0 aromatic carbocycles. The minimum Gasteiger partial charge on any atom is -0.366 e. The van der Waals surface area contributed by atoms with Gasteiger partial charge < -0.3 is 10.6 Å². The molecule has 2 aromatic rings. The molecule has 3 heterocycles. The van der Waals surface area contributed by atoms with Crippen molar-refractivity contribution >= 4 is 22.2 Å². The van der Waals surface area contributed by atoms with Gasteiger partial charge in [-0.05, 0) is 7.05 Å². The number of thiazole rings is 1. The number of nitrogens with zero attached hydrogens (tertiary/aromatic N) is 4. The number of likely N-dealkylation sites (N-methyl/N-ethyl adjacent to an activating group) is 1. The lowest BCUT2D eigenvalue weighted by molar-refractivity contribution is 0.313. The van der Waals surface area contributed by atoms with Crippen molar-refractivity contribution in [1.29, 1.82) is 0 Å². The number of hydrogen-bond donors (Lipinski definition) is 1. The maximum atomic E-state index is 5.55. The van der Waals surface area contributed by atoms with Crippen LogP contribution in [0.1, 0.15) is 10.6 Å². The summed E-state index contributed by atoms with van der Waals surface area (Å²) < 4.78 is 1.89. The molecule has 0 amide bonds. The maximum Gasteiger partial charge on any atom is 0.241 e. The molecular weight excluding hydrogens is 198 g/mol. The van der Waals surface area contributed by atoms with Crippen LogP contribution in [0.5, 0.6) is 0 Å². The molecular formula is C8H11N5S. The van der Waals surface area contributed by atoms with Gasteiger partial charge in [0, 0.05) is 24.4 Å². The minimum atomic E-state index is 0.373. The molecule has 74 valence electrons. The van der Waals surface area contributed by atoms with Gasteiger partial charge in [0.15, 0.2) is 0 Å². The highest BCUT2D eigenvalue weighted by atomic mass is 32.1. The summed E-state index contributed by atoms with van der Waals surface area (Å²) in [7, 11) is 2.13. The fraction of sp³-hybridized carbons (Fsp3) is 0.500. The van der Waals surface area contributed by atoms with Crippen molar-refractivity contribution in [1.82, 2.24) is 19.5 Å². The molecule has 0 spiro atoms. The summed E-state index contributed by atoms with van der Waals surface area (Å²) in [6, 6.07) is 0. The van der Waals surface area contributed by atoms with Crippen LogP contribution >= 0.6 is 11.3 Å². The number of fused-ring (bicyclic) bond motifs is 3. The van der Waals surface area contributed by atoms with Crippen LogP contribution in [0.3, 0.4) is 0 Å². The van der Waals surface area contributed by atoms with E-state index in [2.05, 4.69) is 22.0 Å². The van der Waals surface area contributed by atoms with Crippen LogP contribution in [-0.4, -0.2) is 33.1 Å². The predicted molar refractivity (Wildman–Crippen MR) is 55.3 cm³/mol. The molecule has 6 heteroatoms. The van der Waals surface area contributed by atoms with Gasteiger partial charge in [-0.25, -0.2) is 4.52 Å². The maximum absolute atomic E-state index is 5.55. The molecule has 0 bridgehead atoms. The number of anilines is 1. The summed E-state index contributed by atoms with van der Waals surface area (Å²) in [5, 5.41) is 4.19. The highest BCUT2D eigenvalue weighted by molar-refractivity contribution is 7.17. The number of hydrogen-bond acceptors (Lipinski definition) is 5. The molecule has 0 saturated carbocycles. The van der Waals surface area contributed by atoms with Crippen LogP contribution in [0.25, 0.3) is 4.96 Å². The van der Waals surface area contributed by atoms with Crippen molar-refractivity contribution in [2.24, 2.45) is 0 Å². The van der Waals surface area contributed by atoms with E-state index in [-0.39, 0.29) is 0 Å². The first kappa shape index (κ1) is 8.19. The lowest BCUT2D eigenvalue weighted by Gasteiger charge is -2.21. The van der Waals surface area contributed by atoms with Crippen LogP contribution in [0.2, 0.25) is 0 Å². The average Bonchev–Trinajstić information content (AvgIpc) is 2.59. The molecule has 0 atom stereocenters. The Hall–Kier alpha value is -1.14. The first-order valence-electron chi connectivity index (χ1n) is 4.55. The van der Waals surface area contributed by atoms with E-state index in [1.807, 2.05) is 4.52 Å². The first-order chi connectivity index (χ1) is 6.74. The molecule has 3 rings (SSSR count). The van der Waals surface area contributed by atoms with E-state index in [4.69, 9.17) is 5.73 Å². The number of aromatic nitrogens is 3. The lowest BCUT2D eigenvalue weighted by Crippen LogP contribution is -2.26. The topological polar surface area (TPSA) is 59.5 Å². The van der Waals surface area contributed by atoms with Gasteiger partial charge in [-0.3, -0.25) is 0 Å². The van der Waals surface area contributed by atoms with Crippen molar-refractivity contribution in [3.8, 4) is 0 Å². The van der Waals surface area contributed by atoms with E-state index in [1.54, 1.807) is 11.3 Å². The zero-order valence-corrected chi connectivity index (χ0v) is 8.71. The third-order valence-corrected chi connectivity index (χ3v) is 3.59. The molecule has 5 nitrogen and oxygen atoms in total. The van der Waals surface area contributed by atoms with Gasteiger partial charge in [0.2, 0.25) is 10.9 Å². The highest BCUT2D eigenvalue weighted by Gasteiger charge is 2.20. The normalized spacial score (nSPS) is 17.5. The third-order valence-electron chi connectivity index (χ3n) is 2.53. The fourth-order valence-electron chi connectivity index (χ4n) is 1.83. The Morgan fingerprint density at radius 1 is 1.50 bits per heavy atom. The second-order valence-electron chi connectivity index (χ2n) is 3.62. The summed E-state index contributed by atoms with van der Waals surface area (Å²) in [5.74, 6) is 0.373. The molecule has 2 N–H and O–H groups in total. The zero-order chi connectivity index (χ0) is 9.71. The molecule has 0 radical (unpaired) electrons. The van der Waals surface area contributed by atoms with Crippen molar-refractivity contribution in [3.63, 3.8) is 0 Å². The van der Waals surface area contributed by atoms with Crippen molar-refractivity contribution in [3.05, 3.63) is 10.6 Å². The smallest absolute Gasteiger partial charge is 0.241 e. The Labute approximate surface area is 85.2 Å². The van der Waals surface area contributed by atoms with Gasteiger partial charge in [0.1, 0.15) is 0 Å². The van der Waals surface area contributed by atoms with E-state index in [9.17, 15) is 0 Å². The Morgan fingerprint density at radius 2 is 2.36 bits per heavy atom. The van der Waals surface area contributed by atoms with Crippen LogP contribution in [-0.2, 0) is 13.0 Å². The second-order valence-corrected chi connectivity index (χ2v) is 4.69. The second kappa shape index (κ2) is 2.68. The number of rotatable bonds is 0. The molecule has 1 aliphatic heterocycles. The van der Waals surface area contributed by atoms with E-state index in [1.165, 1.54) is 10.6 Å². The molecule has 14 heavy (non-hydrogen) atoms. The van der Waals surface area contributed by atoms with Crippen LogP contribution in [0.4, 0.5) is 5.95 Å². The lowest BCUT2D eigenvalue weighted by atomic mass is 10.2. The Morgan fingerprint density at radius 3 is 3.21 bits per heavy atom. The standard InChI is InChI=1S/C8H11N5S/c1-12-3-2-5-6(4-12)14-8-10-7(9)11-13(5)8/h2-4H2,1H3,(H2,9,11). The molecule has 0 saturated heterocycles. The van der Waals surface area contributed by atoms with Gasteiger partial charge in [0.05, 0.1) is 5.69 Å². The van der Waals surface area contributed by atoms with Crippen LogP contribution in [0, 0.1) is 0 Å². The van der Waals surface area contributed by atoms with Gasteiger partial charge in [-0.15, -0.1) is 5.10 Å². The SMILES string of the molecule is CN1CCc2c(sc3nc(N)nn23)C1. The van der Waals surface area contributed by atoms with Gasteiger partial charge in [-0.2, -0.15) is 4.98 Å². The number of nitrogen functional groups attached to an aromatic ring is 1. The van der Waals surface area contributed by atoms with E-state index < -0.39 is 0 Å². The molecule has 1 aliphatic rings. The Bertz CT molecular complexity index is 485. The van der Waals surface area contributed by atoms with Crippen molar-refractivity contribution in [2.75, 3.05) is 19.3 Å². The summed E-state index contributed by atoms with van der Waals surface area (Å²) in [6.07, 6.45) is 1.04. The molecule has 2 aromatic heterocycles. The van der Waals surface area contributed by atoms with Crippen LogP contribution < -0.4 is 5.73 Å². The quantitative estimate of drug-likeness (QED) is 0.680. The summed E-state index contributed by atoms with van der Waals surface area (Å²) in [5.41, 5.74) is 6.83. The summed E-state index contributed by atoms with van der Waals surface area (Å²) in [6.45, 7) is 2.09. The largest absolute Gasteiger partial charge is 0.366 e.